The zero-order valence-corrected chi connectivity index (χ0v) is 20.0. The third kappa shape index (κ3) is 9.29. The minimum Gasteiger partial charge on any atom is -0.464 e. The lowest BCUT2D eigenvalue weighted by Gasteiger charge is -2.31. The highest BCUT2D eigenvalue weighted by atomic mass is 16.7. The van der Waals surface area contributed by atoms with Gasteiger partial charge in [0.25, 0.3) is 0 Å². The topological polar surface area (TPSA) is 102 Å². The molecule has 0 saturated carbocycles. The van der Waals surface area contributed by atoms with Crippen molar-refractivity contribution >= 4 is 12.1 Å². The molecule has 1 atom stereocenters. The van der Waals surface area contributed by atoms with E-state index in [4.69, 9.17) is 33.2 Å². The van der Waals surface area contributed by atoms with Crippen molar-refractivity contribution in [2.24, 2.45) is 0 Å². The van der Waals surface area contributed by atoms with Gasteiger partial charge >= 0.3 is 12.1 Å². The van der Waals surface area contributed by atoms with Crippen LogP contribution >= 0.6 is 0 Å². The maximum atomic E-state index is 12.8. The number of esters is 1. The van der Waals surface area contributed by atoms with Crippen LogP contribution in [0.2, 0.25) is 0 Å². The minimum absolute atomic E-state index is 0.00179. The zero-order chi connectivity index (χ0) is 24.1. The second-order valence-corrected chi connectivity index (χ2v) is 7.72. The summed E-state index contributed by atoms with van der Waals surface area (Å²) >= 11 is 0. The molecule has 10 heteroatoms. The number of hydrogen-bond donors (Lipinski definition) is 0. The van der Waals surface area contributed by atoms with E-state index in [9.17, 15) is 9.59 Å². The van der Waals surface area contributed by atoms with E-state index in [1.54, 1.807) is 45.9 Å². The van der Waals surface area contributed by atoms with Crippen LogP contribution in [-0.4, -0.2) is 76.9 Å². The highest BCUT2D eigenvalue weighted by molar-refractivity contribution is 5.82. The predicted molar refractivity (Wildman–Crippen MR) is 116 cm³/mol. The van der Waals surface area contributed by atoms with Gasteiger partial charge in [-0.25, -0.2) is 9.59 Å². The Morgan fingerprint density at radius 2 is 1.59 bits per heavy atom. The number of methoxy groups -OCH3 is 3. The van der Waals surface area contributed by atoms with E-state index < -0.39 is 23.7 Å². The van der Waals surface area contributed by atoms with E-state index in [1.165, 1.54) is 26.2 Å². The lowest BCUT2D eigenvalue weighted by atomic mass is 10.0. The maximum Gasteiger partial charge on any atom is 0.412 e. The first-order chi connectivity index (χ1) is 15.2. The number of carbonyl (C=O) groups excluding carboxylic acids is 2. The lowest BCUT2D eigenvalue weighted by Crippen LogP contribution is -2.49. The van der Waals surface area contributed by atoms with Gasteiger partial charge in [-0.05, 0) is 45.4 Å². The van der Waals surface area contributed by atoms with Gasteiger partial charge in [-0.1, -0.05) is 6.07 Å². The Morgan fingerprint density at radius 1 is 0.969 bits per heavy atom. The summed E-state index contributed by atoms with van der Waals surface area (Å²) in [7, 11) is 4.44. The molecule has 0 radical (unpaired) electrons. The quantitative estimate of drug-likeness (QED) is 0.327. The van der Waals surface area contributed by atoms with Crippen LogP contribution in [0.1, 0.15) is 33.3 Å². The number of rotatable bonds is 13. The molecule has 0 N–H and O–H groups in total. The molecule has 0 aliphatic heterocycles. The van der Waals surface area contributed by atoms with Gasteiger partial charge in [0.2, 0.25) is 0 Å². The SMILES string of the molecule is CCOC(=O)[C@H](Cc1ccc(OCOC)c(OCOC)c1)N(COC)C(=O)OC(C)(C)C. The van der Waals surface area contributed by atoms with Gasteiger partial charge in [-0.2, -0.15) is 0 Å². The Hall–Kier alpha value is -2.56. The molecule has 0 heterocycles. The number of nitrogens with zero attached hydrogens (tertiary/aromatic N) is 1. The molecular formula is C22H35NO9. The number of hydrogen-bond acceptors (Lipinski definition) is 9. The summed E-state index contributed by atoms with van der Waals surface area (Å²) < 4.78 is 36.9. The number of benzene rings is 1. The molecule has 0 aromatic heterocycles. The van der Waals surface area contributed by atoms with E-state index in [0.717, 1.165) is 0 Å². The maximum absolute atomic E-state index is 12.8. The molecule has 10 nitrogen and oxygen atoms in total. The van der Waals surface area contributed by atoms with Gasteiger partial charge in [-0.15, -0.1) is 0 Å². The molecule has 1 amide bonds. The fourth-order valence-electron chi connectivity index (χ4n) is 2.67. The minimum atomic E-state index is -0.981. The van der Waals surface area contributed by atoms with Crippen LogP contribution in [0.4, 0.5) is 4.79 Å². The molecule has 0 bridgehead atoms. The van der Waals surface area contributed by atoms with Gasteiger partial charge in [-0.3, -0.25) is 4.90 Å². The van der Waals surface area contributed by atoms with Crippen LogP contribution in [0.5, 0.6) is 11.5 Å². The Balaban J connectivity index is 3.25. The summed E-state index contributed by atoms with van der Waals surface area (Å²) in [6.45, 7) is 6.98. The molecule has 1 aromatic carbocycles. The summed E-state index contributed by atoms with van der Waals surface area (Å²) in [6.07, 6.45) is -0.552. The van der Waals surface area contributed by atoms with Crippen molar-refractivity contribution < 1.29 is 42.7 Å². The molecule has 0 unspecified atom stereocenters. The number of amides is 1. The van der Waals surface area contributed by atoms with Crippen LogP contribution in [0, 0.1) is 0 Å². The Kier molecular flexibility index (Phi) is 11.8. The molecular weight excluding hydrogens is 422 g/mol. The van der Waals surface area contributed by atoms with Crippen LogP contribution in [0.3, 0.4) is 0 Å². The first kappa shape index (κ1) is 27.5. The molecule has 0 aliphatic rings. The van der Waals surface area contributed by atoms with Gasteiger partial charge in [0, 0.05) is 27.8 Å². The van der Waals surface area contributed by atoms with Gasteiger partial charge in [0.15, 0.2) is 25.1 Å². The van der Waals surface area contributed by atoms with Crippen molar-refractivity contribution in [3.05, 3.63) is 23.8 Å². The zero-order valence-electron chi connectivity index (χ0n) is 20.0. The largest absolute Gasteiger partial charge is 0.464 e. The normalized spacial score (nSPS) is 12.1. The smallest absolute Gasteiger partial charge is 0.412 e. The molecule has 182 valence electrons. The molecule has 1 rings (SSSR count). The van der Waals surface area contributed by atoms with E-state index in [-0.39, 0.29) is 33.3 Å². The van der Waals surface area contributed by atoms with E-state index in [0.29, 0.717) is 17.1 Å². The monoisotopic (exact) mass is 457 g/mol. The predicted octanol–water partition coefficient (Wildman–Crippen LogP) is 2.97. The van der Waals surface area contributed by atoms with Crippen LogP contribution in [0.25, 0.3) is 0 Å². The third-order valence-corrected chi connectivity index (χ3v) is 3.93. The molecule has 0 saturated heterocycles. The highest BCUT2D eigenvalue weighted by Crippen LogP contribution is 2.30. The molecule has 1 aromatic rings. The molecule has 0 fully saturated rings. The van der Waals surface area contributed by atoms with Crippen molar-refractivity contribution in [3.63, 3.8) is 0 Å². The van der Waals surface area contributed by atoms with E-state index in [2.05, 4.69) is 0 Å². The van der Waals surface area contributed by atoms with Gasteiger partial charge in [0.1, 0.15) is 18.4 Å². The molecule has 0 spiro atoms. The summed E-state index contributed by atoms with van der Waals surface area (Å²) in [4.78, 5) is 26.8. The van der Waals surface area contributed by atoms with Crippen molar-refractivity contribution in [1.82, 2.24) is 4.90 Å². The Morgan fingerprint density at radius 3 is 2.12 bits per heavy atom. The van der Waals surface area contributed by atoms with E-state index in [1.807, 2.05) is 0 Å². The fourth-order valence-corrected chi connectivity index (χ4v) is 2.67. The van der Waals surface area contributed by atoms with Crippen LogP contribution < -0.4 is 9.47 Å². The first-order valence-corrected chi connectivity index (χ1v) is 10.2. The van der Waals surface area contributed by atoms with E-state index >= 15 is 0 Å². The standard InChI is InChI=1S/C22H35NO9/c1-8-29-20(24)17(23(13-26-5)21(25)32-22(2,3)4)11-16-9-10-18(30-14-27-6)19(12-16)31-15-28-7/h9-10,12,17H,8,11,13-15H2,1-7H3/t17-/m0/s1. The lowest BCUT2D eigenvalue weighted by molar-refractivity contribution is -0.151. The second-order valence-electron chi connectivity index (χ2n) is 7.72. The van der Waals surface area contributed by atoms with Gasteiger partial charge in [0.05, 0.1) is 6.61 Å². The fraction of sp³-hybridized carbons (Fsp3) is 0.636. The van der Waals surface area contributed by atoms with Crippen LogP contribution in [-0.2, 0) is 34.9 Å². The summed E-state index contributed by atoms with van der Waals surface area (Å²) in [5, 5.41) is 0. The van der Waals surface area contributed by atoms with Crippen molar-refractivity contribution in [2.75, 3.05) is 48.3 Å². The first-order valence-electron chi connectivity index (χ1n) is 10.2. The van der Waals surface area contributed by atoms with Crippen molar-refractivity contribution in [1.29, 1.82) is 0 Å². The highest BCUT2D eigenvalue weighted by Gasteiger charge is 2.34. The number of ether oxygens (including phenoxy) is 7. The van der Waals surface area contributed by atoms with Crippen LogP contribution in [0.15, 0.2) is 18.2 Å². The Bertz CT molecular complexity index is 718. The van der Waals surface area contributed by atoms with Crippen molar-refractivity contribution in [2.45, 2.75) is 45.8 Å². The molecule has 32 heavy (non-hydrogen) atoms. The third-order valence-electron chi connectivity index (χ3n) is 3.93. The number of carbonyl (C=O) groups is 2. The van der Waals surface area contributed by atoms with Gasteiger partial charge < -0.3 is 33.2 Å². The summed E-state index contributed by atoms with van der Waals surface area (Å²) in [5.74, 6) is 0.273. The molecule has 0 aliphatic carbocycles. The Labute approximate surface area is 189 Å². The summed E-state index contributed by atoms with van der Waals surface area (Å²) in [5.41, 5.74) is -0.0485. The average Bonchev–Trinajstić information content (AvgIpc) is 2.72. The summed E-state index contributed by atoms with van der Waals surface area (Å²) in [6, 6.07) is 4.17. The van der Waals surface area contributed by atoms with Crippen molar-refractivity contribution in [3.8, 4) is 11.5 Å². The second kappa shape index (κ2) is 13.8. The average molecular weight is 458 g/mol.